The number of nitrogens with two attached hydrogens (primary N) is 1. The minimum absolute atomic E-state index is 0.0511. The standard InChI is InChI=1S/C14H8BrFN4O/c15-4-7-1-2-8(16)3-9(7)12-10(5-17)13(19)20-14(21)11(12)6-18/h1-3H,4H2,(H3,19,20,21). The average molecular weight is 347 g/mol. The number of hydrogen-bond donors (Lipinski definition) is 2. The summed E-state index contributed by atoms with van der Waals surface area (Å²) in [5.41, 5.74) is 5.56. The molecule has 0 spiro atoms. The van der Waals surface area contributed by atoms with Crippen molar-refractivity contribution in [2.75, 3.05) is 5.73 Å². The average Bonchev–Trinajstić information content (AvgIpc) is 2.46. The third-order valence-corrected chi connectivity index (χ3v) is 3.56. The molecular formula is C14H8BrFN4O. The smallest absolute Gasteiger partial charge is 0.268 e. The molecule has 3 N–H and O–H groups in total. The molecule has 0 radical (unpaired) electrons. The molecule has 0 bridgehead atoms. The van der Waals surface area contributed by atoms with Crippen molar-refractivity contribution in [3.05, 3.63) is 51.1 Å². The third-order valence-electron chi connectivity index (χ3n) is 2.95. The van der Waals surface area contributed by atoms with E-state index in [0.29, 0.717) is 10.9 Å². The van der Waals surface area contributed by atoms with Gasteiger partial charge in [-0.1, -0.05) is 22.0 Å². The van der Waals surface area contributed by atoms with Crippen LogP contribution in [0.15, 0.2) is 23.0 Å². The van der Waals surface area contributed by atoms with Gasteiger partial charge in [-0.3, -0.25) is 4.79 Å². The lowest BCUT2D eigenvalue weighted by molar-refractivity contribution is 0.628. The van der Waals surface area contributed by atoms with Gasteiger partial charge in [0.05, 0.1) is 0 Å². The van der Waals surface area contributed by atoms with E-state index in [1.54, 1.807) is 6.07 Å². The Balaban J connectivity index is 3.00. The molecule has 21 heavy (non-hydrogen) atoms. The lowest BCUT2D eigenvalue weighted by Gasteiger charge is -2.12. The number of aromatic nitrogens is 1. The number of nitrogens with zero attached hydrogens (tertiary/aromatic N) is 2. The number of hydrogen-bond acceptors (Lipinski definition) is 4. The molecule has 0 saturated carbocycles. The van der Waals surface area contributed by atoms with Gasteiger partial charge >= 0.3 is 0 Å². The van der Waals surface area contributed by atoms with Crippen molar-refractivity contribution in [3.8, 4) is 23.3 Å². The summed E-state index contributed by atoms with van der Waals surface area (Å²) < 4.78 is 13.5. The van der Waals surface area contributed by atoms with Gasteiger partial charge in [0, 0.05) is 10.9 Å². The van der Waals surface area contributed by atoms with Crippen LogP contribution in [0, 0.1) is 28.5 Å². The number of H-pyrrole nitrogens is 1. The minimum atomic E-state index is -0.714. The second kappa shape index (κ2) is 5.78. The van der Waals surface area contributed by atoms with Gasteiger partial charge in [0.25, 0.3) is 5.56 Å². The lowest BCUT2D eigenvalue weighted by atomic mass is 9.93. The second-order valence-corrected chi connectivity index (χ2v) is 4.71. The summed E-state index contributed by atoms with van der Waals surface area (Å²) in [5, 5.41) is 18.8. The highest BCUT2D eigenvalue weighted by atomic mass is 79.9. The number of benzene rings is 1. The van der Waals surface area contributed by atoms with Crippen molar-refractivity contribution in [2.24, 2.45) is 0 Å². The Hall–Kier alpha value is -2.64. The van der Waals surface area contributed by atoms with Crippen LogP contribution in [0.4, 0.5) is 10.2 Å². The van der Waals surface area contributed by atoms with Crippen LogP contribution < -0.4 is 11.3 Å². The van der Waals surface area contributed by atoms with Gasteiger partial charge < -0.3 is 10.7 Å². The maximum absolute atomic E-state index is 13.5. The van der Waals surface area contributed by atoms with E-state index in [-0.39, 0.29) is 28.1 Å². The molecule has 0 aliphatic rings. The monoisotopic (exact) mass is 346 g/mol. The molecule has 2 rings (SSSR count). The zero-order valence-corrected chi connectivity index (χ0v) is 12.2. The minimum Gasteiger partial charge on any atom is -0.384 e. The number of rotatable bonds is 2. The molecule has 2 aromatic rings. The Kier molecular flexibility index (Phi) is 4.06. The zero-order valence-electron chi connectivity index (χ0n) is 10.6. The molecule has 7 heteroatoms. The van der Waals surface area contributed by atoms with Gasteiger partial charge in [-0.2, -0.15) is 10.5 Å². The molecule has 0 saturated heterocycles. The van der Waals surface area contributed by atoms with Gasteiger partial charge in [-0.05, 0) is 23.3 Å². The van der Waals surface area contributed by atoms with Crippen LogP contribution >= 0.6 is 15.9 Å². The van der Waals surface area contributed by atoms with Gasteiger partial charge in [-0.25, -0.2) is 4.39 Å². The first-order valence-electron chi connectivity index (χ1n) is 5.74. The van der Waals surface area contributed by atoms with Crippen molar-refractivity contribution in [1.82, 2.24) is 4.98 Å². The van der Waals surface area contributed by atoms with Crippen LogP contribution in [0.1, 0.15) is 16.7 Å². The molecule has 0 atom stereocenters. The molecule has 1 aromatic carbocycles. The molecule has 0 unspecified atom stereocenters. The van der Waals surface area contributed by atoms with Gasteiger partial charge in [-0.15, -0.1) is 0 Å². The first kappa shape index (κ1) is 14.8. The number of nitrogens with one attached hydrogen (secondary N) is 1. The van der Waals surface area contributed by atoms with Crippen molar-refractivity contribution in [3.63, 3.8) is 0 Å². The summed E-state index contributed by atoms with van der Waals surface area (Å²) in [4.78, 5) is 14.1. The van der Waals surface area contributed by atoms with Crippen molar-refractivity contribution in [2.45, 2.75) is 5.33 Å². The maximum Gasteiger partial charge on any atom is 0.268 e. The Morgan fingerprint density at radius 2 is 1.95 bits per heavy atom. The number of nitrogen functional groups attached to an aromatic ring is 1. The van der Waals surface area contributed by atoms with Crippen LogP contribution in [0.25, 0.3) is 11.1 Å². The number of nitriles is 2. The van der Waals surface area contributed by atoms with Gasteiger partial charge in [0.1, 0.15) is 34.9 Å². The largest absolute Gasteiger partial charge is 0.384 e. The first-order valence-corrected chi connectivity index (χ1v) is 6.86. The Labute approximate surface area is 127 Å². The number of halogens is 2. The molecule has 0 aliphatic carbocycles. The van der Waals surface area contributed by atoms with E-state index in [1.807, 2.05) is 6.07 Å². The SMILES string of the molecule is N#Cc1c(N)[nH]c(=O)c(C#N)c1-c1cc(F)ccc1CBr. The molecule has 5 nitrogen and oxygen atoms in total. The maximum atomic E-state index is 13.5. The van der Waals surface area contributed by atoms with E-state index < -0.39 is 11.4 Å². The quantitative estimate of drug-likeness (QED) is 0.814. The summed E-state index contributed by atoms with van der Waals surface area (Å²) in [6.45, 7) is 0. The zero-order chi connectivity index (χ0) is 15.6. The van der Waals surface area contributed by atoms with Crippen molar-refractivity contribution >= 4 is 21.7 Å². The van der Waals surface area contributed by atoms with E-state index in [2.05, 4.69) is 20.9 Å². The van der Waals surface area contributed by atoms with Crippen LogP contribution in [0.5, 0.6) is 0 Å². The molecular weight excluding hydrogens is 339 g/mol. The molecule has 1 heterocycles. The normalized spacial score (nSPS) is 9.90. The van der Waals surface area contributed by atoms with Crippen molar-refractivity contribution < 1.29 is 4.39 Å². The van der Waals surface area contributed by atoms with Crippen LogP contribution in [-0.2, 0) is 5.33 Å². The highest BCUT2D eigenvalue weighted by Gasteiger charge is 2.20. The molecule has 104 valence electrons. The topological polar surface area (TPSA) is 106 Å². The molecule has 0 aliphatic heterocycles. The Morgan fingerprint density at radius 3 is 2.52 bits per heavy atom. The summed E-state index contributed by atoms with van der Waals surface area (Å²) in [5.74, 6) is -0.692. The van der Waals surface area contributed by atoms with Crippen LogP contribution in [0.2, 0.25) is 0 Å². The fraction of sp³-hybridized carbons (Fsp3) is 0.0714. The highest BCUT2D eigenvalue weighted by molar-refractivity contribution is 9.08. The first-order chi connectivity index (χ1) is 10.0. The molecule has 1 aromatic heterocycles. The van der Waals surface area contributed by atoms with E-state index in [9.17, 15) is 19.7 Å². The predicted octanol–water partition coefficient (Wildman–Crippen LogP) is 2.40. The predicted molar refractivity (Wildman–Crippen MR) is 78.9 cm³/mol. The lowest BCUT2D eigenvalue weighted by Crippen LogP contribution is -2.16. The fourth-order valence-corrected chi connectivity index (χ4v) is 2.50. The third kappa shape index (κ3) is 2.51. The molecule has 0 fully saturated rings. The van der Waals surface area contributed by atoms with Crippen LogP contribution in [0.3, 0.4) is 0 Å². The van der Waals surface area contributed by atoms with E-state index in [4.69, 9.17) is 5.73 Å². The second-order valence-electron chi connectivity index (χ2n) is 4.15. The van der Waals surface area contributed by atoms with E-state index in [0.717, 1.165) is 0 Å². The van der Waals surface area contributed by atoms with E-state index >= 15 is 0 Å². The van der Waals surface area contributed by atoms with Crippen molar-refractivity contribution in [1.29, 1.82) is 10.5 Å². The number of alkyl halides is 1. The fourth-order valence-electron chi connectivity index (χ4n) is 2.01. The van der Waals surface area contributed by atoms with Gasteiger partial charge in [0.15, 0.2) is 0 Å². The summed E-state index contributed by atoms with van der Waals surface area (Å²) in [7, 11) is 0. The summed E-state index contributed by atoms with van der Waals surface area (Å²) in [6.07, 6.45) is 0. The Morgan fingerprint density at radius 1 is 1.29 bits per heavy atom. The number of anilines is 1. The van der Waals surface area contributed by atoms with E-state index in [1.165, 1.54) is 18.2 Å². The number of pyridine rings is 1. The van der Waals surface area contributed by atoms with Crippen LogP contribution in [-0.4, -0.2) is 4.98 Å². The molecule has 0 amide bonds. The van der Waals surface area contributed by atoms with Gasteiger partial charge in [0.2, 0.25) is 0 Å². The highest BCUT2D eigenvalue weighted by Crippen LogP contribution is 2.32. The summed E-state index contributed by atoms with van der Waals surface area (Å²) in [6, 6.07) is 7.54. The number of aromatic amines is 1. The summed E-state index contributed by atoms with van der Waals surface area (Å²) >= 11 is 3.25. The Bertz CT molecular complexity index is 861.